The van der Waals surface area contributed by atoms with E-state index in [1.165, 1.54) is 32.1 Å². The first-order valence-corrected chi connectivity index (χ1v) is 8.22. The molecule has 0 radical (unpaired) electrons. The smallest absolute Gasteiger partial charge is 0.153 e. The fraction of sp³-hybridized carbons (Fsp3) is 0.941. The van der Waals surface area contributed by atoms with Crippen molar-refractivity contribution in [3.63, 3.8) is 0 Å². The van der Waals surface area contributed by atoms with Gasteiger partial charge in [-0.15, -0.1) is 0 Å². The van der Waals surface area contributed by atoms with Crippen LogP contribution in [-0.4, -0.2) is 29.3 Å². The first kappa shape index (κ1) is 15.0. The first-order chi connectivity index (χ1) is 8.94. The number of carbonyl (C=O) groups is 1. The molecule has 1 aliphatic heterocycles. The highest BCUT2D eigenvalue weighted by molar-refractivity contribution is 5.88. The zero-order chi connectivity index (χ0) is 13.9. The molecule has 2 fully saturated rings. The molecule has 2 aliphatic rings. The van der Waals surface area contributed by atoms with E-state index in [9.17, 15) is 4.79 Å². The standard InChI is InChI=1S/C17H31NO/c1-16(2,3)12-9-15(19)17(10-5-6-11-17)18-13-7-4-8-14-18/h4-14H2,1-3H3. The van der Waals surface area contributed by atoms with E-state index in [2.05, 4.69) is 25.7 Å². The number of piperidine rings is 1. The third-order valence-corrected chi connectivity index (χ3v) is 5.01. The summed E-state index contributed by atoms with van der Waals surface area (Å²) in [6, 6.07) is 0. The summed E-state index contributed by atoms with van der Waals surface area (Å²) >= 11 is 0. The average molecular weight is 265 g/mol. The van der Waals surface area contributed by atoms with Crippen molar-refractivity contribution in [1.82, 2.24) is 4.90 Å². The van der Waals surface area contributed by atoms with E-state index in [1.54, 1.807) is 0 Å². The van der Waals surface area contributed by atoms with Crippen molar-refractivity contribution in [2.24, 2.45) is 5.41 Å². The monoisotopic (exact) mass is 265 g/mol. The Labute approximate surface area is 118 Å². The van der Waals surface area contributed by atoms with Crippen LogP contribution in [0.5, 0.6) is 0 Å². The number of rotatable bonds is 4. The van der Waals surface area contributed by atoms with Crippen LogP contribution in [0.25, 0.3) is 0 Å². The van der Waals surface area contributed by atoms with Crippen molar-refractivity contribution in [3.8, 4) is 0 Å². The van der Waals surface area contributed by atoms with Gasteiger partial charge in [0.1, 0.15) is 0 Å². The number of carbonyl (C=O) groups excluding carboxylic acids is 1. The summed E-state index contributed by atoms with van der Waals surface area (Å²) in [5.74, 6) is 0.543. The zero-order valence-corrected chi connectivity index (χ0v) is 13.1. The van der Waals surface area contributed by atoms with Crippen LogP contribution in [0.4, 0.5) is 0 Å². The van der Waals surface area contributed by atoms with Crippen LogP contribution < -0.4 is 0 Å². The second kappa shape index (κ2) is 5.95. The molecule has 0 amide bonds. The quantitative estimate of drug-likeness (QED) is 0.760. The first-order valence-electron chi connectivity index (χ1n) is 8.22. The Balaban J connectivity index is 2.03. The van der Waals surface area contributed by atoms with Gasteiger partial charge in [0.05, 0.1) is 5.54 Å². The van der Waals surface area contributed by atoms with Crippen LogP contribution in [0.1, 0.15) is 78.6 Å². The van der Waals surface area contributed by atoms with Crippen LogP contribution in [-0.2, 0) is 4.79 Å². The Morgan fingerprint density at radius 1 is 1.00 bits per heavy atom. The lowest BCUT2D eigenvalue weighted by Crippen LogP contribution is -2.54. The summed E-state index contributed by atoms with van der Waals surface area (Å²) in [6.07, 6.45) is 10.5. The summed E-state index contributed by atoms with van der Waals surface area (Å²) in [6.45, 7) is 9.02. The highest BCUT2D eigenvalue weighted by Gasteiger charge is 2.45. The van der Waals surface area contributed by atoms with Crippen LogP contribution >= 0.6 is 0 Å². The van der Waals surface area contributed by atoms with E-state index < -0.39 is 0 Å². The molecule has 0 atom stereocenters. The minimum absolute atomic E-state index is 0.0638. The summed E-state index contributed by atoms with van der Waals surface area (Å²) in [5.41, 5.74) is 0.211. The fourth-order valence-corrected chi connectivity index (χ4v) is 3.77. The molecule has 0 aromatic heterocycles. The molecule has 2 rings (SSSR count). The van der Waals surface area contributed by atoms with Crippen molar-refractivity contribution in [2.45, 2.75) is 84.1 Å². The molecule has 0 aromatic rings. The summed E-state index contributed by atoms with van der Waals surface area (Å²) in [4.78, 5) is 15.4. The molecule has 0 unspecified atom stereocenters. The van der Waals surface area contributed by atoms with Gasteiger partial charge in [0.2, 0.25) is 0 Å². The summed E-state index contributed by atoms with van der Waals surface area (Å²) in [7, 11) is 0. The molecule has 19 heavy (non-hydrogen) atoms. The highest BCUT2D eigenvalue weighted by atomic mass is 16.1. The van der Waals surface area contributed by atoms with Crippen molar-refractivity contribution in [3.05, 3.63) is 0 Å². The van der Waals surface area contributed by atoms with Crippen molar-refractivity contribution >= 4 is 5.78 Å². The number of nitrogens with zero attached hydrogens (tertiary/aromatic N) is 1. The number of hydrogen-bond donors (Lipinski definition) is 0. The third kappa shape index (κ3) is 3.59. The Hall–Kier alpha value is -0.370. The Bertz CT molecular complexity index is 304. The SMILES string of the molecule is CC(C)(C)CCC(=O)C1(N2CCCCC2)CCCC1. The van der Waals surface area contributed by atoms with E-state index in [4.69, 9.17) is 0 Å². The van der Waals surface area contributed by atoms with Gasteiger partial charge < -0.3 is 0 Å². The lowest BCUT2D eigenvalue weighted by Gasteiger charge is -2.42. The molecule has 0 bridgehead atoms. The molecule has 110 valence electrons. The van der Waals surface area contributed by atoms with Crippen LogP contribution in [0.15, 0.2) is 0 Å². The van der Waals surface area contributed by atoms with Crippen molar-refractivity contribution < 1.29 is 4.79 Å². The Morgan fingerprint density at radius 3 is 2.11 bits per heavy atom. The van der Waals surface area contributed by atoms with Gasteiger partial charge in [0, 0.05) is 6.42 Å². The maximum Gasteiger partial charge on any atom is 0.153 e. The van der Waals surface area contributed by atoms with Gasteiger partial charge in [-0.3, -0.25) is 9.69 Å². The molecule has 1 heterocycles. The Morgan fingerprint density at radius 2 is 1.58 bits per heavy atom. The molecule has 0 spiro atoms. The average Bonchev–Trinajstić information content (AvgIpc) is 2.87. The molecule has 0 N–H and O–H groups in total. The van der Waals surface area contributed by atoms with E-state index in [-0.39, 0.29) is 11.0 Å². The predicted octanol–water partition coefficient (Wildman–Crippen LogP) is 4.18. The number of Topliss-reactive ketones (excluding diaryl/α,β-unsaturated/α-hetero) is 1. The summed E-state index contributed by atoms with van der Waals surface area (Å²) in [5, 5.41) is 0. The Kier molecular flexibility index (Phi) is 4.70. The van der Waals surface area contributed by atoms with Crippen molar-refractivity contribution in [2.75, 3.05) is 13.1 Å². The molecular weight excluding hydrogens is 234 g/mol. The lowest BCUT2D eigenvalue weighted by molar-refractivity contribution is -0.132. The van der Waals surface area contributed by atoms with E-state index in [0.29, 0.717) is 5.78 Å². The van der Waals surface area contributed by atoms with E-state index in [0.717, 1.165) is 38.8 Å². The fourth-order valence-electron chi connectivity index (χ4n) is 3.77. The van der Waals surface area contributed by atoms with Crippen LogP contribution in [0.2, 0.25) is 0 Å². The van der Waals surface area contributed by atoms with Gasteiger partial charge in [0.25, 0.3) is 0 Å². The molecule has 1 saturated heterocycles. The van der Waals surface area contributed by atoms with E-state index in [1.807, 2.05) is 0 Å². The predicted molar refractivity (Wildman–Crippen MR) is 80.3 cm³/mol. The van der Waals surface area contributed by atoms with E-state index >= 15 is 0 Å². The minimum atomic E-state index is -0.0638. The van der Waals surface area contributed by atoms with Crippen LogP contribution in [0.3, 0.4) is 0 Å². The number of hydrogen-bond acceptors (Lipinski definition) is 2. The largest absolute Gasteiger partial charge is 0.298 e. The van der Waals surface area contributed by atoms with Gasteiger partial charge >= 0.3 is 0 Å². The second-order valence-electron chi connectivity index (χ2n) is 7.77. The van der Waals surface area contributed by atoms with Gasteiger partial charge in [-0.2, -0.15) is 0 Å². The van der Waals surface area contributed by atoms with Gasteiger partial charge in [-0.25, -0.2) is 0 Å². The number of likely N-dealkylation sites (tertiary alicyclic amines) is 1. The topological polar surface area (TPSA) is 20.3 Å². The second-order valence-corrected chi connectivity index (χ2v) is 7.77. The van der Waals surface area contributed by atoms with Crippen molar-refractivity contribution in [1.29, 1.82) is 0 Å². The molecule has 2 heteroatoms. The maximum atomic E-state index is 12.9. The third-order valence-electron chi connectivity index (χ3n) is 5.01. The highest BCUT2D eigenvalue weighted by Crippen LogP contribution is 2.39. The number of ketones is 1. The molecule has 1 saturated carbocycles. The van der Waals surface area contributed by atoms with Crippen LogP contribution in [0, 0.1) is 5.41 Å². The minimum Gasteiger partial charge on any atom is -0.298 e. The molecule has 1 aliphatic carbocycles. The van der Waals surface area contributed by atoms with Gasteiger partial charge in [-0.1, -0.05) is 40.0 Å². The van der Waals surface area contributed by atoms with Gasteiger partial charge in [-0.05, 0) is 50.6 Å². The molecule has 0 aromatic carbocycles. The molecule has 2 nitrogen and oxygen atoms in total. The molecular formula is C17H31NO. The van der Waals surface area contributed by atoms with Gasteiger partial charge in [0.15, 0.2) is 5.78 Å². The summed E-state index contributed by atoms with van der Waals surface area (Å²) < 4.78 is 0. The zero-order valence-electron chi connectivity index (χ0n) is 13.1. The lowest BCUT2D eigenvalue weighted by atomic mass is 9.81. The normalized spacial score (nSPS) is 24.6. The maximum absolute atomic E-state index is 12.9.